The smallest absolute Gasteiger partial charge is 0.0595 e. The van der Waals surface area contributed by atoms with E-state index in [4.69, 9.17) is 28.9 Å². The Bertz CT molecular complexity index is 409. The third-order valence-corrected chi connectivity index (χ3v) is 4.55. The molecule has 2 rings (SSSR count). The Balaban J connectivity index is 2.23. The first kappa shape index (κ1) is 14.1. The van der Waals surface area contributed by atoms with Crippen LogP contribution in [-0.4, -0.2) is 24.0 Å². The van der Waals surface area contributed by atoms with Gasteiger partial charge in [0, 0.05) is 18.6 Å². The highest BCUT2D eigenvalue weighted by molar-refractivity contribution is 6.42. The van der Waals surface area contributed by atoms with Gasteiger partial charge in [-0.1, -0.05) is 35.7 Å². The average molecular weight is 287 g/mol. The van der Waals surface area contributed by atoms with Gasteiger partial charge >= 0.3 is 0 Å². The number of rotatable bonds is 3. The number of piperidine rings is 1. The third-order valence-electron chi connectivity index (χ3n) is 3.81. The highest BCUT2D eigenvalue weighted by atomic mass is 35.5. The molecular weight excluding hydrogens is 267 g/mol. The Morgan fingerprint density at radius 2 is 2.11 bits per heavy atom. The largest absolute Gasteiger partial charge is 0.329 e. The second-order valence-corrected chi connectivity index (χ2v) is 5.82. The van der Waals surface area contributed by atoms with E-state index in [1.807, 2.05) is 18.2 Å². The Kier molecular flexibility index (Phi) is 4.91. The standard InChI is InChI=1S/C14H20Cl2N2/c1-10-4-2-3-7-18(10)14(9-17)11-5-6-12(15)13(16)8-11/h5-6,8,10,14H,2-4,7,9,17H2,1H3. The summed E-state index contributed by atoms with van der Waals surface area (Å²) in [5.41, 5.74) is 7.14. The van der Waals surface area contributed by atoms with E-state index in [9.17, 15) is 0 Å². The van der Waals surface area contributed by atoms with Gasteiger partial charge in [0.25, 0.3) is 0 Å². The first-order valence-corrected chi connectivity index (χ1v) is 7.30. The molecule has 1 aromatic rings. The van der Waals surface area contributed by atoms with Crippen molar-refractivity contribution in [3.05, 3.63) is 33.8 Å². The Morgan fingerprint density at radius 1 is 1.33 bits per heavy atom. The van der Waals surface area contributed by atoms with Gasteiger partial charge in [-0.05, 0) is 44.0 Å². The van der Waals surface area contributed by atoms with Crippen molar-refractivity contribution in [3.63, 3.8) is 0 Å². The molecule has 1 saturated heterocycles. The highest BCUT2D eigenvalue weighted by Crippen LogP contribution is 2.31. The lowest BCUT2D eigenvalue weighted by atomic mass is 9.97. The van der Waals surface area contributed by atoms with E-state index in [1.54, 1.807) is 0 Å². The summed E-state index contributed by atoms with van der Waals surface area (Å²) < 4.78 is 0. The van der Waals surface area contributed by atoms with Crippen LogP contribution in [0.1, 0.15) is 37.8 Å². The number of hydrogen-bond acceptors (Lipinski definition) is 2. The lowest BCUT2D eigenvalue weighted by Crippen LogP contribution is -2.43. The molecule has 1 aliphatic rings. The summed E-state index contributed by atoms with van der Waals surface area (Å²) in [7, 11) is 0. The Hall–Kier alpha value is -0.280. The van der Waals surface area contributed by atoms with E-state index in [0.717, 1.165) is 6.54 Å². The Labute approximate surface area is 119 Å². The van der Waals surface area contributed by atoms with Crippen LogP contribution in [0.4, 0.5) is 0 Å². The minimum absolute atomic E-state index is 0.245. The van der Waals surface area contributed by atoms with Gasteiger partial charge in [-0.15, -0.1) is 0 Å². The third kappa shape index (κ3) is 3.00. The van der Waals surface area contributed by atoms with Gasteiger partial charge < -0.3 is 5.73 Å². The van der Waals surface area contributed by atoms with Crippen molar-refractivity contribution in [2.45, 2.75) is 38.3 Å². The molecule has 0 saturated carbocycles. The van der Waals surface area contributed by atoms with Gasteiger partial charge in [-0.2, -0.15) is 0 Å². The molecule has 1 aromatic carbocycles. The molecule has 0 aromatic heterocycles. The minimum atomic E-state index is 0.245. The predicted octanol–water partition coefficient (Wildman–Crippen LogP) is 3.87. The molecule has 100 valence electrons. The van der Waals surface area contributed by atoms with E-state index >= 15 is 0 Å². The first-order valence-electron chi connectivity index (χ1n) is 6.54. The van der Waals surface area contributed by atoms with Crippen molar-refractivity contribution in [1.29, 1.82) is 0 Å². The van der Waals surface area contributed by atoms with E-state index in [-0.39, 0.29) is 6.04 Å². The van der Waals surface area contributed by atoms with Gasteiger partial charge in [0.2, 0.25) is 0 Å². The summed E-state index contributed by atoms with van der Waals surface area (Å²) in [5.74, 6) is 0. The van der Waals surface area contributed by atoms with Crippen LogP contribution in [0, 0.1) is 0 Å². The molecule has 1 aliphatic heterocycles. The molecule has 0 amide bonds. The summed E-state index contributed by atoms with van der Waals surface area (Å²) in [5, 5.41) is 1.21. The molecule has 2 nitrogen and oxygen atoms in total. The summed E-state index contributed by atoms with van der Waals surface area (Å²) in [6.45, 7) is 4.00. The fraction of sp³-hybridized carbons (Fsp3) is 0.571. The predicted molar refractivity (Wildman–Crippen MR) is 78.3 cm³/mol. The van der Waals surface area contributed by atoms with Crippen LogP contribution >= 0.6 is 23.2 Å². The normalized spacial score (nSPS) is 23.0. The van der Waals surface area contributed by atoms with Crippen molar-refractivity contribution in [3.8, 4) is 0 Å². The summed E-state index contributed by atoms with van der Waals surface area (Å²) in [6, 6.07) is 6.67. The monoisotopic (exact) mass is 286 g/mol. The van der Waals surface area contributed by atoms with Crippen LogP contribution in [0.25, 0.3) is 0 Å². The molecule has 1 heterocycles. The molecule has 18 heavy (non-hydrogen) atoms. The van der Waals surface area contributed by atoms with Crippen LogP contribution < -0.4 is 5.73 Å². The molecule has 2 unspecified atom stereocenters. The molecule has 0 aliphatic carbocycles. The fourth-order valence-corrected chi connectivity index (χ4v) is 3.07. The number of nitrogens with two attached hydrogens (primary N) is 1. The second-order valence-electron chi connectivity index (χ2n) is 5.01. The van der Waals surface area contributed by atoms with Crippen LogP contribution in [0.2, 0.25) is 10.0 Å². The van der Waals surface area contributed by atoms with Crippen LogP contribution in [0.5, 0.6) is 0 Å². The minimum Gasteiger partial charge on any atom is -0.329 e. The van der Waals surface area contributed by atoms with Crippen molar-refractivity contribution in [2.24, 2.45) is 5.73 Å². The topological polar surface area (TPSA) is 29.3 Å². The lowest BCUT2D eigenvalue weighted by Gasteiger charge is -2.39. The van der Waals surface area contributed by atoms with Crippen LogP contribution in [0.15, 0.2) is 18.2 Å². The van der Waals surface area contributed by atoms with Crippen molar-refractivity contribution in [2.75, 3.05) is 13.1 Å². The number of nitrogens with zero attached hydrogens (tertiary/aromatic N) is 1. The maximum atomic E-state index is 6.10. The van der Waals surface area contributed by atoms with Crippen LogP contribution in [0.3, 0.4) is 0 Å². The lowest BCUT2D eigenvalue weighted by molar-refractivity contribution is 0.109. The maximum absolute atomic E-state index is 6.10. The number of halogens is 2. The second kappa shape index (κ2) is 6.25. The highest BCUT2D eigenvalue weighted by Gasteiger charge is 2.26. The zero-order chi connectivity index (χ0) is 13.1. The summed E-state index contributed by atoms with van der Waals surface area (Å²) in [4.78, 5) is 2.49. The van der Waals surface area contributed by atoms with E-state index in [1.165, 1.54) is 24.8 Å². The van der Waals surface area contributed by atoms with Crippen molar-refractivity contribution >= 4 is 23.2 Å². The van der Waals surface area contributed by atoms with E-state index in [0.29, 0.717) is 22.6 Å². The first-order chi connectivity index (χ1) is 8.63. The molecule has 0 radical (unpaired) electrons. The van der Waals surface area contributed by atoms with Gasteiger partial charge in [0.15, 0.2) is 0 Å². The quantitative estimate of drug-likeness (QED) is 0.914. The number of hydrogen-bond donors (Lipinski definition) is 1. The van der Waals surface area contributed by atoms with Gasteiger partial charge in [-0.25, -0.2) is 0 Å². The molecule has 0 bridgehead atoms. The Morgan fingerprint density at radius 3 is 2.72 bits per heavy atom. The molecule has 4 heteroatoms. The average Bonchev–Trinajstić information content (AvgIpc) is 2.37. The summed E-state index contributed by atoms with van der Waals surface area (Å²) in [6.07, 6.45) is 3.82. The van der Waals surface area contributed by atoms with Crippen molar-refractivity contribution < 1.29 is 0 Å². The zero-order valence-corrected chi connectivity index (χ0v) is 12.2. The zero-order valence-electron chi connectivity index (χ0n) is 10.7. The molecule has 1 fully saturated rings. The van der Waals surface area contributed by atoms with Crippen LogP contribution in [-0.2, 0) is 0 Å². The van der Waals surface area contributed by atoms with Gasteiger partial charge in [0.1, 0.15) is 0 Å². The molecule has 2 atom stereocenters. The fourth-order valence-electron chi connectivity index (χ4n) is 2.77. The van der Waals surface area contributed by atoms with E-state index < -0.39 is 0 Å². The van der Waals surface area contributed by atoms with Gasteiger partial charge in [0.05, 0.1) is 10.0 Å². The molecule has 2 N–H and O–H groups in total. The van der Waals surface area contributed by atoms with Gasteiger partial charge in [-0.3, -0.25) is 4.90 Å². The number of benzene rings is 1. The maximum Gasteiger partial charge on any atom is 0.0595 e. The summed E-state index contributed by atoms with van der Waals surface area (Å²) >= 11 is 12.1. The molecule has 0 spiro atoms. The molecular formula is C14H20Cl2N2. The number of likely N-dealkylation sites (tertiary alicyclic amines) is 1. The van der Waals surface area contributed by atoms with Crippen molar-refractivity contribution in [1.82, 2.24) is 4.90 Å². The SMILES string of the molecule is CC1CCCCN1C(CN)c1ccc(Cl)c(Cl)c1. The van der Waals surface area contributed by atoms with E-state index in [2.05, 4.69) is 11.8 Å².